The van der Waals surface area contributed by atoms with Crippen molar-refractivity contribution >= 4 is 6.03 Å². The Morgan fingerprint density at radius 3 is 2.96 bits per heavy atom. The molecule has 0 radical (unpaired) electrons. The molecule has 1 aliphatic heterocycles. The Morgan fingerprint density at radius 1 is 1.39 bits per heavy atom. The van der Waals surface area contributed by atoms with Crippen molar-refractivity contribution in [1.82, 2.24) is 10.6 Å². The van der Waals surface area contributed by atoms with Gasteiger partial charge < -0.3 is 20.1 Å². The number of hydrogen-bond acceptors (Lipinski definition) is 3. The molecule has 1 fully saturated rings. The number of nitrogens with one attached hydrogen (secondary N) is 2. The first-order chi connectivity index (χ1) is 11.1. The van der Waals surface area contributed by atoms with Gasteiger partial charge in [0.05, 0.1) is 19.3 Å². The lowest BCUT2D eigenvalue weighted by Gasteiger charge is -2.27. The first kappa shape index (κ1) is 16.2. The van der Waals surface area contributed by atoms with Gasteiger partial charge in [0.15, 0.2) is 5.79 Å². The van der Waals surface area contributed by atoms with Gasteiger partial charge in [-0.3, -0.25) is 0 Å². The molecule has 23 heavy (non-hydrogen) atoms. The predicted molar refractivity (Wildman–Crippen MR) is 83.5 cm³/mol. The summed E-state index contributed by atoms with van der Waals surface area (Å²) in [6.45, 7) is 3.55. The Bertz CT molecular complexity index is 573. The summed E-state index contributed by atoms with van der Waals surface area (Å²) in [4.78, 5) is 12.1. The highest BCUT2D eigenvalue weighted by Crippen LogP contribution is 2.30. The molecule has 2 amide bonds. The molecule has 126 valence electrons. The van der Waals surface area contributed by atoms with Crippen LogP contribution in [0.25, 0.3) is 0 Å². The van der Waals surface area contributed by atoms with Gasteiger partial charge in [-0.15, -0.1) is 0 Å². The molecule has 0 spiro atoms. The van der Waals surface area contributed by atoms with Crippen LogP contribution < -0.4 is 10.6 Å². The zero-order valence-electron chi connectivity index (χ0n) is 13.4. The third-order valence-electron chi connectivity index (χ3n) is 4.49. The molecule has 1 atom stereocenters. The van der Waals surface area contributed by atoms with Crippen LogP contribution in [0.3, 0.4) is 0 Å². The van der Waals surface area contributed by atoms with Crippen LogP contribution in [0.2, 0.25) is 0 Å². The number of fused-ring (bicyclic) bond motifs is 1. The zero-order valence-corrected chi connectivity index (χ0v) is 13.4. The molecule has 1 aromatic carbocycles. The molecule has 2 N–H and O–H groups in total. The van der Waals surface area contributed by atoms with Crippen molar-refractivity contribution in [3.05, 3.63) is 35.1 Å². The zero-order chi connectivity index (χ0) is 16.3. The maximum absolute atomic E-state index is 13.3. The number of halogens is 1. The van der Waals surface area contributed by atoms with Crippen LogP contribution in [-0.2, 0) is 15.9 Å². The average Bonchev–Trinajstić information content (AvgIpc) is 2.94. The second-order valence-corrected chi connectivity index (χ2v) is 6.27. The molecule has 6 heteroatoms. The van der Waals surface area contributed by atoms with Gasteiger partial charge in [0.25, 0.3) is 0 Å². The fourth-order valence-electron chi connectivity index (χ4n) is 3.25. The van der Waals surface area contributed by atoms with E-state index in [-0.39, 0.29) is 17.9 Å². The van der Waals surface area contributed by atoms with Crippen molar-refractivity contribution in [3.63, 3.8) is 0 Å². The van der Waals surface area contributed by atoms with E-state index >= 15 is 0 Å². The van der Waals surface area contributed by atoms with Crippen LogP contribution in [0.4, 0.5) is 9.18 Å². The monoisotopic (exact) mass is 322 g/mol. The van der Waals surface area contributed by atoms with Gasteiger partial charge in [-0.25, -0.2) is 9.18 Å². The molecule has 2 aliphatic rings. The Hall–Kier alpha value is -1.66. The minimum Gasteiger partial charge on any atom is -0.348 e. The van der Waals surface area contributed by atoms with E-state index in [1.54, 1.807) is 12.1 Å². The minimum absolute atomic E-state index is 0.0612. The second kappa shape index (κ2) is 6.84. The molecule has 1 aliphatic carbocycles. The van der Waals surface area contributed by atoms with Crippen molar-refractivity contribution < 1.29 is 18.7 Å². The standard InChI is InChI=1S/C17H23FN2O3/c1-17(22-9-10-23-17)7-8-19-16(21)20-15-4-2-3-12-11-13(18)5-6-14(12)15/h5-6,11,15H,2-4,7-10H2,1H3,(H2,19,20,21)/t15-/m0/s1. The largest absolute Gasteiger partial charge is 0.348 e. The van der Waals surface area contributed by atoms with Gasteiger partial charge >= 0.3 is 6.03 Å². The van der Waals surface area contributed by atoms with Crippen molar-refractivity contribution in [2.75, 3.05) is 19.8 Å². The summed E-state index contributed by atoms with van der Waals surface area (Å²) < 4.78 is 24.3. The molecule has 1 heterocycles. The highest BCUT2D eigenvalue weighted by atomic mass is 19.1. The van der Waals surface area contributed by atoms with Crippen molar-refractivity contribution in [1.29, 1.82) is 0 Å². The van der Waals surface area contributed by atoms with Crippen LogP contribution in [0.1, 0.15) is 43.4 Å². The highest BCUT2D eigenvalue weighted by Gasteiger charge is 2.30. The van der Waals surface area contributed by atoms with Crippen molar-refractivity contribution in [2.45, 2.75) is 44.4 Å². The lowest BCUT2D eigenvalue weighted by molar-refractivity contribution is -0.145. The Morgan fingerprint density at radius 2 is 2.17 bits per heavy atom. The smallest absolute Gasteiger partial charge is 0.315 e. The predicted octanol–water partition coefficient (Wildman–Crippen LogP) is 2.66. The van der Waals surface area contributed by atoms with Crippen LogP contribution in [-0.4, -0.2) is 31.6 Å². The molecule has 5 nitrogen and oxygen atoms in total. The molecule has 0 aromatic heterocycles. The lowest BCUT2D eigenvalue weighted by Crippen LogP contribution is -2.41. The Labute approximate surface area is 135 Å². The summed E-state index contributed by atoms with van der Waals surface area (Å²) in [5.41, 5.74) is 2.00. The van der Waals surface area contributed by atoms with Crippen LogP contribution in [0.15, 0.2) is 18.2 Å². The molecule has 1 aromatic rings. The highest BCUT2D eigenvalue weighted by molar-refractivity contribution is 5.74. The minimum atomic E-state index is -0.595. The molecule has 0 saturated carbocycles. The third-order valence-corrected chi connectivity index (χ3v) is 4.49. The van der Waals surface area contributed by atoms with Crippen molar-refractivity contribution in [2.24, 2.45) is 0 Å². The number of hydrogen-bond donors (Lipinski definition) is 2. The van der Waals surface area contributed by atoms with Crippen LogP contribution in [0, 0.1) is 5.82 Å². The summed E-state index contributed by atoms with van der Waals surface area (Å²) in [6, 6.07) is 4.52. The molecule has 1 saturated heterocycles. The number of rotatable bonds is 4. The van der Waals surface area contributed by atoms with Crippen LogP contribution >= 0.6 is 0 Å². The van der Waals surface area contributed by atoms with Gasteiger partial charge in [-0.1, -0.05) is 6.07 Å². The average molecular weight is 322 g/mol. The summed E-state index contributed by atoms with van der Waals surface area (Å²) in [6.07, 6.45) is 3.28. The van der Waals surface area contributed by atoms with Gasteiger partial charge in [0.1, 0.15) is 5.82 Å². The maximum Gasteiger partial charge on any atom is 0.315 e. The summed E-state index contributed by atoms with van der Waals surface area (Å²) >= 11 is 0. The van der Waals surface area contributed by atoms with E-state index in [0.29, 0.717) is 26.2 Å². The van der Waals surface area contributed by atoms with Gasteiger partial charge in [0.2, 0.25) is 0 Å². The number of ether oxygens (including phenoxy) is 2. The Balaban J connectivity index is 1.51. The van der Waals surface area contributed by atoms with E-state index in [0.717, 1.165) is 30.4 Å². The number of carbonyl (C=O) groups is 1. The normalized spacial score (nSPS) is 22.4. The molecular weight excluding hydrogens is 299 g/mol. The molecule has 3 rings (SSSR count). The van der Waals surface area contributed by atoms with Gasteiger partial charge in [0, 0.05) is 13.0 Å². The van der Waals surface area contributed by atoms with E-state index in [2.05, 4.69) is 10.6 Å². The number of amides is 2. The SMILES string of the molecule is CC1(CCNC(=O)N[C@H]2CCCc3cc(F)ccc32)OCCO1. The second-order valence-electron chi connectivity index (χ2n) is 6.27. The fraction of sp³-hybridized carbons (Fsp3) is 0.588. The third kappa shape index (κ3) is 4.00. The van der Waals surface area contributed by atoms with Crippen molar-refractivity contribution in [3.8, 4) is 0 Å². The number of carbonyl (C=O) groups excluding carboxylic acids is 1. The van der Waals surface area contributed by atoms with E-state index in [9.17, 15) is 9.18 Å². The number of aryl methyl sites for hydroxylation is 1. The Kier molecular flexibility index (Phi) is 4.82. The molecule has 0 bridgehead atoms. The van der Waals surface area contributed by atoms with E-state index in [4.69, 9.17) is 9.47 Å². The quantitative estimate of drug-likeness (QED) is 0.896. The lowest BCUT2D eigenvalue weighted by atomic mass is 9.88. The fourth-order valence-corrected chi connectivity index (χ4v) is 3.25. The summed E-state index contributed by atoms with van der Waals surface area (Å²) in [7, 11) is 0. The molecular formula is C17H23FN2O3. The van der Waals surface area contributed by atoms with E-state index in [1.165, 1.54) is 6.07 Å². The summed E-state index contributed by atoms with van der Waals surface area (Å²) in [5, 5.41) is 5.82. The van der Waals surface area contributed by atoms with E-state index in [1.807, 2.05) is 6.92 Å². The van der Waals surface area contributed by atoms with E-state index < -0.39 is 5.79 Å². The topological polar surface area (TPSA) is 59.6 Å². The number of urea groups is 1. The number of benzene rings is 1. The van der Waals surface area contributed by atoms with Crippen LogP contribution in [0.5, 0.6) is 0 Å². The first-order valence-electron chi connectivity index (χ1n) is 8.16. The first-order valence-corrected chi connectivity index (χ1v) is 8.16. The summed E-state index contributed by atoms with van der Waals surface area (Å²) in [5.74, 6) is -0.818. The van der Waals surface area contributed by atoms with Gasteiger partial charge in [-0.2, -0.15) is 0 Å². The van der Waals surface area contributed by atoms with Gasteiger partial charge in [-0.05, 0) is 49.4 Å². The molecule has 0 unspecified atom stereocenters. The maximum atomic E-state index is 13.3.